The quantitative estimate of drug-likeness (QED) is 0.776. The molecular weight excluding hydrogens is 364 g/mol. The van der Waals surface area contributed by atoms with Gasteiger partial charge in [-0.25, -0.2) is 0 Å². The molecule has 3 rings (SSSR count). The molecule has 0 bridgehead atoms. The van der Waals surface area contributed by atoms with Gasteiger partial charge in [-0.3, -0.25) is 19.3 Å². The molecular formula is C21H21ClN2O3. The maximum atomic E-state index is 12.4. The van der Waals surface area contributed by atoms with Crippen molar-refractivity contribution in [3.63, 3.8) is 0 Å². The second-order valence-electron chi connectivity index (χ2n) is 6.86. The summed E-state index contributed by atoms with van der Waals surface area (Å²) in [6.07, 6.45) is 0.725. The summed E-state index contributed by atoms with van der Waals surface area (Å²) in [6, 6.07) is 12.6. The third kappa shape index (κ3) is 4.37. The van der Waals surface area contributed by atoms with Gasteiger partial charge in [0.25, 0.3) is 11.8 Å². The molecule has 0 spiro atoms. The summed E-state index contributed by atoms with van der Waals surface area (Å²) in [6.45, 7) is 3.85. The molecule has 0 radical (unpaired) electrons. The van der Waals surface area contributed by atoms with E-state index in [4.69, 9.17) is 11.6 Å². The van der Waals surface area contributed by atoms with Crippen LogP contribution < -0.4 is 5.32 Å². The predicted molar refractivity (Wildman–Crippen MR) is 104 cm³/mol. The van der Waals surface area contributed by atoms with Gasteiger partial charge in [0.2, 0.25) is 5.91 Å². The number of nitrogens with zero attached hydrogens (tertiary/aromatic N) is 1. The maximum absolute atomic E-state index is 12.4. The monoisotopic (exact) mass is 384 g/mol. The fraction of sp³-hybridized carbons (Fsp3) is 0.286. The lowest BCUT2D eigenvalue weighted by Gasteiger charge is -2.17. The van der Waals surface area contributed by atoms with E-state index >= 15 is 0 Å². The molecule has 1 aliphatic rings. The Bertz CT molecular complexity index is 910. The highest BCUT2D eigenvalue weighted by molar-refractivity contribution is 6.30. The van der Waals surface area contributed by atoms with Crippen LogP contribution >= 0.6 is 11.6 Å². The zero-order valence-corrected chi connectivity index (χ0v) is 16.0. The first-order valence-corrected chi connectivity index (χ1v) is 9.23. The third-order valence-corrected chi connectivity index (χ3v) is 4.76. The topological polar surface area (TPSA) is 66.5 Å². The molecule has 2 aromatic rings. The SMILES string of the molecule is Cc1ccc2c(c1)C(=O)N(CCC(=O)NC(C)Cc1cccc(Cl)c1)C2=O. The van der Waals surface area contributed by atoms with E-state index in [2.05, 4.69) is 5.32 Å². The summed E-state index contributed by atoms with van der Waals surface area (Å²) in [5.74, 6) is -0.870. The van der Waals surface area contributed by atoms with Gasteiger partial charge in [-0.2, -0.15) is 0 Å². The Hall–Kier alpha value is -2.66. The number of imide groups is 1. The minimum absolute atomic E-state index is 0.0705. The number of rotatable bonds is 6. The molecule has 0 aliphatic carbocycles. The number of nitrogens with one attached hydrogen (secondary N) is 1. The van der Waals surface area contributed by atoms with Crippen LogP contribution in [0.25, 0.3) is 0 Å². The Labute approximate surface area is 163 Å². The summed E-state index contributed by atoms with van der Waals surface area (Å²) in [7, 11) is 0. The van der Waals surface area contributed by atoms with Gasteiger partial charge < -0.3 is 5.32 Å². The van der Waals surface area contributed by atoms with E-state index in [0.29, 0.717) is 22.6 Å². The molecule has 3 amide bonds. The Balaban J connectivity index is 1.53. The average molecular weight is 385 g/mol. The molecule has 1 atom stereocenters. The fourth-order valence-corrected chi connectivity index (χ4v) is 3.45. The number of carbonyl (C=O) groups is 3. The first-order valence-electron chi connectivity index (χ1n) is 8.86. The molecule has 0 aromatic heterocycles. The molecule has 0 saturated carbocycles. The molecule has 1 N–H and O–H groups in total. The molecule has 140 valence electrons. The van der Waals surface area contributed by atoms with Gasteiger partial charge in [-0.05, 0) is 50.1 Å². The van der Waals surface area contributed by atoms with E-state index < -0.39 is 0 Å². The van der Waals surface area contributed by atoms with Gasteiger partial charge in [-0.1, -0.05) is 35.4 Å². The van der Waals surface area contributed by atoms with Crippen molar-refractivity contribution in [2.45, 2.75) is 32.7 Å². The number of carbonyl (C=O) groups excluding carboxylic acids is 3. The number of hydrogen-bond acceptors (Lipinski definition) is 3. The minimum atomic E-state index is -0.338. The van der Waals surface area contributed by atoms with Crippen LogP contribution in [0.15, 0.2) is 42.5 Å². The highest BCUT2D eigenvalue weighted by Crippen LogP contribution is 2.24. The number of benzene rings is 2. The number of hydrogen-bond donors (Lipinski definition) is 1. The van der Waals surface area contributed by atoms with E-state index in [0.717, 1.165) is 16.0 Å². The van der Waals surface area contributed by atoms with Gasteiger partial charge in [0, 0.05) is 24.0 Å². The number of amides is 3. The van der Waals surface area contributed by atoms with Crippen molar-refractivity contribution in [3.8, 4) is 0 Å². The number of fused-ring (bicyclic) bond motifs is 1. The van der Waals surface area contributed by atoms with Crippen LogP contribution in [0, 0.1) is 6.92 Å². The zero-order valence-electron chi connectivity index (χ0n) is 15.3. The van der Waals surface area contributed by atoms with Crippen molar-refractivity contribution in [2.75, 3.05) is 6.54 Å². The highest BCUT2D eigenvalue weighted by Gasteiger charge is 2.35. The van der Waals surface area contributed by atoms with Crippen molar-refractivity contribution >= 4 is 29.3 Å². The Morgan fingerprint density at radius 3 is 2.59 bits per heavy atom. The van der Waals surface area contributed by atoms with Gasteiger partial charge in [0.05, 0.1) is 11.1 Å². The van der Waals surface area contributed by atoms with Crippen molar-refractivity contribution in [1.29, 1.82) is 0 Å². The van der Waals surface area contributed by atoms with Gasteiger partial charge >= 0.3 is 0 Å². The standard InChI is InChI=1S/C21H21ClN2O3/c1-13-6-7-17-18(10-13)21(27)24(20(17)26)9-8-19(25)23-14(2)11-15-4-3-5-16(22)12-15/h3-7,10,12,14H,8-9,11H2,1-2H3,(H,23,25). The Morgan fingerprint density at radius 2 is 1.85 bits per heavy atom. The van der Waals surface area contributed by atoms with Crippen molar-refractivity contribution in [3.05, 3.63) is 69.7 Å². The lowest BCUT2D eigenvalue weighted by atomic mass is 10.1. The summed E-state index contributed by atoms with van der Waals surface area (Å²) < 4.78 is 0. The first kappa shape index (κ1) is 19.1. The lowest BCUT2D eigenvalue weighted by Crippen LogP contribution is -2.38. The predicted octanol–water partition coefficient (Wildman–Crippen LogP) is 3.38. The molecule has 1 aliphatic heterocycles. The van der Waals surface area contributed by atoms with Crippen LogP contribution in [0.1, 0.15) is 45.2 Å². The summed E-state index contributed by atoms with van der Waals surface area (Å²) in [4.78, 5) is 38.2. The second kappa shape index (κ2) is 7.92. The molecule has 2 aromatic carbocycles. The molecule has 1 heterocycles. The van der Waals surface area contributed by atoms with E-state index in [1.807, 2.05) is 32.0 Å². The molecule has 6 heteroatoms. The third-order valence-electron chi connectivity index (χ3n) is 4.53. The van der Waals surface area contributed by atoms with E-state index in [-0.39, 0.29) is 36.7 Å². The summed E-state index contributed by atoms with van der Waals surface area (Å²) in [5, 5.41) is 3.56. The molecule has 27 heavy (non-hydrogen) atoms. The van der Waals surface area contributed by atoms with Crippen molar-refractivity contribution in [2.24, 2.45) is 0 Å². The van der Waals surface area contributed by atoms with E-state index in [1.54, 1.807) is 24.3 Å². The largest absolute Gasteiger partial charge is 0.353 e. The van der Waals surface area contributed by atoms with Crippen LogP contribution in [-0.2, 0) is 11.2 Å². The Morgan fingerprint density at radius 1 is 1.11 bits per heavy atom. The van der Waals surface area contributed by atoms with E-state index in [1.165, 1.54) is 0 Å². The van der Waals surface area contributed by atoms with Crippen LogP contribution in [0.3, 0.4) is 0 Å². The van der Waals surface area contributed by atoms with E-state index in [9.17, 15) is 14.4 Å². The summed E-state index contributed by atoms with van der Waals surface area (Å²) >= 11 is 5.98. The average Bonchev–Trinajstić information content (AvgIpc) is 2.83. The molecule has 0 saturated heterocycles. The molecule has 1 unspecified atom stereocenters. The van der Waals surface area contributed by atoms with Crippen LogP contribution in [0.5, 0.6) is 0 Å². The highest BCUT2D eigenvalue weighted by atomic mass is 35.5. The second-order valence-corrected chi connectivity index (χ2v) is 7.30. The minimum Gasteiger partial charge on any atom is -0.353 e. The number of halogens is 1. The fourth-order valence-electron chi connectivity index (χ4n) is 3.24. The Kier molecular flexibility index (Phi) is 5.61. The smallest absolute Gasteiger partial charge is 0.261 e. The van der Waals surface area contributed by atoms with Gasteiger partial charge in [-0.15, -0.1) is 0 Å². The van der Waals surface area contributed by atoms with Crippen LogP contribution in [-0.4, -0.2) is 35.2 Å². The normalized spacial score (nSPS) is 14.3. The van der Waals surface area contributed by atoms with Gasteiger partial charge in [0.15, 0.2) is 0 Å². The number of aryl methyl sites for hydroxylation is 1. The first-order chi connectivity index (χ1) is 12.8. The summed E-state index contributed by atoms with van der Waals surface area (Å²) in [5.41, 5.74) is 2.77. The molecule has 0 fully saturated rings. The van der Waals surface area contributed by atoms with Gasteiger partial charge in [0.1, 0.15) is 0 Å². The lowest BCUT2D eigenvalue weighted by molar-refractivity contribution is -0.121. The maximum Gasteiger partial charge on any atom is 0.261 e. The van der Waals surface area contributed by atoms with Crippen molar-refractivity contribution in [1.82, 2.24) is 10.2 Å². The van der Waals surface area contributed by atoms with Crippen molar-refractivity contribution < 1.29 is 14.4 Å². The van der Waals surface area contributed by atoms with Crippen LogP contribution in [0.4, 0.5) is 0 Å². The molecule has 5 nitrogen and oxygen atoms in total. The van der Waals surface area contributed by atoms with Crippen LogP contribution in [0.2, 0.25) is 5.02 Å². The zero-order chi connectivity index (χ0) is 19.6.